The lowest BCUT2D eigenvalue weighted by molar-refractivity contribution is -0.132. The highest BCUT2D eigenvalue weighted by molar-refractivity contribution is 5.92. The molecule has 2 rings (SSSR count). The van der Waals surface area contributed by atoms with Crippen LogP contribution >= 0.6 is 0 Å². The molecule has 0 bridgehead atoms. The lowest BCUT2D eigenvalue weighted by Crippen LogP contribution is -2.41. The van der Waals surface area contributed by atoms with E-state index in [1.807, 2.05) is 0 Å². The van der Waals surface area contributed by atoms with Crippen molar-refractivity contribution in [2.45, 2.75) is 19.0 Å². The van der Waals surface area contributed by atoms with Gasteiger partial charge in [-0.2, -0.15) is 0 Å². The second-order valence-corrected chi connectivity index (χ2v) is 3.53. The van der Waals surface area contributed by atoms with Crippen molar-refractivity contribution in [2.75, 3.05) is 13.1 Å². The Hall–Kier alpha value is -1.59. The SMILES string of the molecule is NC(=O)CN1C(=O)CN2C(=O)CCC12. The Labute approximate surface area is 80.6 Å². The lowest BCUT2D eigenvalue weighted by Gasteiger charge is -2.22. The van der Waals surface area contributed by atoms with Gasteiger partial charge in [-0.15, -0.1) is 0 Å². The number of carbonyl (C=O) groups is 3. The van der Waals surface area contributed by atoms with Crippen molar-refractivity contribution < 1.29 is 14.4 Å². The predicted molar refractivity (Wildman–Crippen MR) is 45.6 cm³/mol. The summed E-state index contributed by atoms with van der Waals surface area (Å²) in [6.45, 7) is 0.00403. The second-order valence-electron chi connectivity index (χ2n) is 3.53. The molecule has 76 valence electrons. The van der Waals surface area contributed by atoms with E-state index in [2.05, 4.69) is 0 Å². The van der Waals surface area contributed by atoms with Crippen molar-refractivity contribution in [3.05, 3.63) is 0 Å². The molecule has 14 heavy (non-hydrogen) atoms. The maximum atomic E-state index is 11.4. The maximum absolute atomic E-state index is 11.4. The van der Waals surface area contributed by atoms with E-state index in [-0.39, 0.29) is 31.1 Å². The average molecular weight is 197 g/mol. The molecule has 1 atom stereocenters. The van der Waals surface area contributed by atoms with Gasteiger partial charge in [0.25, 0.3) is 0 Å². The van der Waals surface area contributed by atoms with Crippen LogP contribution in [0.4, 0.5) is 0 Å². The Kier molecular flexibility index (Phi) is 1.90. The van der Waals surface area contributed by atoms with Crippen LogP contribution in [0.15, 0.2) is 0 Å². The fraction of sp³-hybridized carbons (Fsp3) is 0.625. The van der Waals surface area contributed by atoms with Crippen LogP contribution in [0.2, 0.25) is 0 Å². The van der Waals surface area contributed by atoms with Crippen LogP contribution in [0.5, 0.6) is 0 Å². The summed E-state index contributed by atoms with van der Waals surface area (Å²) in [7, 11) is 0. The van der Waals surface area contributed by atoms with Gasteiger partial charge in [0.1, 0.15) is 19.3 Å². The molecule has 0 aromatic carbocycles. The fourth-order valence-electron chi connectivity index (χ4n) is 2.00. The zero-order valence-corrected chi connectivity index (χ0v) is 7.60. The van der Waals surface area contributed by atoms with Crippen LogP contribution in [0.3, 0.4) is 0 Å². The van der Waals surface area contributed by atoms with Crippen molar-refractivity contribution >= 4 is 17.7 Å². The minimum absolute atomic E-state index is 0.0182. The minimum Gasteiger partial charge on any atom is -0.368 e. The number of fused-ring (bicyclic) bond motifs is 1. The Morgan fingerprint density at radius 3 is 2.79 bits per heavy atom. The molecular weight excluding hydrogens is 186 g/mol. The standard InChI is InChI=1S/C8H11N3O3/c9-5(12)3-10-6-1-2-7(13)11(6)4-8(10)14/h6H,1-4H2,(H2,9,12). The molecule has 0 aromatic rings. The number of carbonyl (C=O) groups excluding carboxylic acids is 3. The molecule has 2 fully saturated rings. The third-order valence-electron chi connectivity index (χ3n) is 2.61. The molecule has 0 aromatic heterocycles. The van der Waals surface area contributed by atoms with Crippen molar-refractivity contribution in [3.8, 4) is 0 Å². The molecule has 6 heteroatoms. The molecule has 2 heterocycles. The minimum atomic E-state index is -0.542. The van der Waals surface area contributed by atoms with Crippen molar-refractivity contribution in [1.29, 1.82) is 0 Å². The Morgan fingerprint density at radius 2 is 2.14 bits per heavy atom. The molecule has 0 saturated carbocycles. The van der Waals surface area contributed by atoms with Crippen molar-refractivity contribution in [2.24, 2.45) is 5.73 Å². The summed E-state index contributed by atoms with van der Waals surface area (Å²) in [5.41, 5.74) is 5.02. The lowest BCUT2D eigenvalue weighted by atomic mass is 10.3. The van der Waals surface area contributed by atoms with Crippen LogP contribution < -0.4 is 5.73 Å². The van der Waals surface area contributed by atoms with Crippen LogP contribution in [0.25, 0.3) is 0 Å². The van der Waals surface area contributed by atoms with Gasteiger partial charge in [0, 0.05) is 6.42 Å². The van der Waals surface area contributed by atoms with Crippen molar-refractivity contribution in [1.82, 2.24) is 9.80 Å². The summed E-state index contributed by atoms with van der Waals surface area (Å²) in [4.78, 5) is 36.2. The van der Waals surface area contributed by atoms with E-state index in [0.29, 0.717) is 12.8 Å². The van der Waals surface area contributed by atoms with Gasteiger partial charge >= 0.3 is 0 Å². The van der Waals surface area contributed by atoms with Gasteiger partial charge in [-0.3, -0.25) is 14.4 Å². The van der Waals surface area contributed by atoms with E-state index in [0.717, 1.165) is 0 Å². The zero-order valence-electron chi connectivity index (χ0n) is 7.60. The molecule has 6 nitrogen and oxygen atoms in total. The average Bonchev–Trinajstić information content (AvgIpc) is 2.57. The quantitative estimate of drug-likeness (QED) is 0.570. The van der Waals surface area contributed by atoms with E-state index in [1.54, 1.807) is 0 Å². The van der Waals surface area contributed by atoms with Crippen LogP contribution in [-0.4, -0.2) is 46.8 Å². The molecule has 2 N–H and O–H groups in total. The van der Waals surface area contributed by atoms with Crippen LogP contribution in [0, 0.1) is 0 Å². The number of primary amides is 1. The molecule has 1 unspecified atom stereocenters. The van der Waals surface area contributed by atoms with Gasteiger partial charge in [0.2, 0.25) is 17.7 Å². The molecule has 2 aliphatic heterocycles. The van der Waals surface area contributed by atoms with Gasteiger partial charge < -0.3 is 15.5 Å². The molecule has 2 aliphatic rings. The predicted octanol–water partition coefficient (Wildman–Crippen LogP) is -1.74. The molecule has 3 amide bonds. The second kappa shape index (κ2) is 2.97. The first-order chi connectivity index (χ1) is 6.59. The summed E-state index contributed by atoms with van der Waals surface area (Å²) in [6, 6.07) is 0. The Bertz CT molecular complexity index is 315. The molecule has 0 aliphatic carbocycles. The molecule has 2 saturated heterocycles. The molecular formula is C8H11N3O3. The maximum Gasteiger partial charge on any atom is 0.244 e. The summed E-state index contributed by atoms with van der Waals surface area (Å²) < 4.78 is 0. The normalized spacial score (nSPS) is 25.9. The third-order valence-corrected chi connectivity index (χ3v) is 2.61. The number of nitrogens with zero attached hydrogens (tertiary/aromatic N) is 2. The van der Waals surface area contributed by atoms with Crippen LogP contribution in [-0.2, 0) is 14.4 Å². The van der Waals surface area contributed by atoms with Gasteiger partial charge in [-0.1, -0.05) is 0 Å². The number of hydrogen-bond donors (Lipinski definition) is 1. The van der Waals surface area contributed by atoms with E-state index in [9.17, 15) is 14.4 Å². The number of rotatable bonds is 2. The van der Waals surface area contributed by atoms with E-state index >= 15 is 0 Å². The van der Waals surface area contributed by atoms with E-state index in [4.69, 9.17) is 5.73 Å². The first kappa shape index (κ1) is 8.98. The smallest absolute Gasteiger partial charge is 0.244 e. The fourth-order valence-corrected chi connectivity index (χ4v) is 2.00. The summed E-state index contributed by atoms with van der Waals surface area (Å²) in [6.07, 6.45) is 0.827. The van der Waals surface area contributed by atoms with E-state index < -0.39 is 5.91 Å². The highest BCUT2D eigenvalue weighted by atomic mass is 16.2. The molecule has 0 spiro atoms. The van der Waals surface area contributed by atoms with Crippen molar-refractivity contribution in [3.63, 3.8) is 0 Å². The first-order valence-corrected chi connectivity index (χ1v) is 4.47. The third kappa shape index (κ3) is 1.23. The number of hydrogen-bond acceptors (Lipinski definition) is 3. The monoisotopic (exact) mass is 197 g/mol. The number of nitrogens with two attached hydrogens (primary N) is 1. The topological polar surface area (TPSA) is 83.7 Å². The summed E-state index contributed by atoms with van der Waals surface area (Å²) in [5, 5.41) is 0. The highest BCUT2D eigenvalue weighted by Gasteiger charge is 2.44. The van der Waals surface area contributed by atoms with E-state index in [1.165, 1.54) is 9.80 Å². The highest BCUT2D eigenvalue weighted by Crippen LogP contribution is 2.26. The first-order valence-electron chi connectivity index (χ1n) is 4.47. The van der Waals surface area contributed by atoms with Gasteiger partial charge in [-0.25, -0.2) is 0 Å². The van der Waals surface area contributed by atoms with Crippen LogP contribution in [0.1, 0.15) is 12.8 Å². The Morgan fingerprint density at radius 1 is 1.43 bits per heavy atom. The Balaban J connectivity index is 2.14. The van der Waals surface area contributed by atoms with Gasteiger partial charge in [0.05, 0.1) is 0 Å². The number of amides is 3. The van der Waals surface area contributed by atoms with Gasteiger partial charge in [-0.05, 0) is 6.42 Å². The zero-order chi connectivity index (χ0) is 10.3. The summed E-state index contributed by atoms with van der Waals surface area (Å²) >= 11 is 0. The van der Waals surface area contributed by atoms with Gasteiger partial charge in [0.15, 0.2) is 0 Å². The largest absolute Gasteiger partial charge is 0.368 e. The molecule has 0 radical (unpaired) electrons. The summed E-state index contributed by atoms with van der Waals surface area (Å²) in [5.74, 6) is -0.753.